The van der Waals surface area contributed by atoms with Crippen LogP contribution < -0.4 is 11.2 Å². The summed E-state index contributed by atoms with van der Waals surface area (Å²) in [5.41, 5.74) is 1.90. The summed E-state index contributed by atoms with van der Waals surface area (Å²) in [6.45, 7) is 0.304. The van der Waals surface area contributed by atoms with Crippen molar-refractivity contribution in [3.63, 3.8) is 0 Å². The molecule has 2 N–H and O–H groups in total. The molecule has 2 heterocycles. The van der Waals surface area contributed by atoms with Gasteiger partial charge in [-0.25, -0.2) is 4.79 Å². The van der Waals surface area contributed by atoms with Crippen molar-refractivity contribution in [3.8, 4) is 0 Å². The van der Waals surface area contributed by atoms with Crippen LogP contribution >= 0.6 is 11.6 Å². The highest BCUT2D eigenvalue weighted by atomic mass is 35.5. The fourth-order valence-electron chi connectivity index (χ4n) is 2.99. The van der Waals surface area contributed by atoms with Crippen LogP contribution in [0.5, 0.6) is 0 Å². The molecule has 0 radical (unpaired) electrons. The average molecular weight is 340 g/mol. The number of hydrogen-bond donors (Lipinski definition) is 2. The van der Waals surface area contributed by atoms with Crippen LogP contribution in [0.15, 0.2) is 58.3 Å². The van der Waals surface area contributed by atoms with Gasteiger partial charge in [0.2, 0.25) is 0 Å². The summed E-state index contributed by atoms with van der Waals surface area (Å²) < 4.78 is 1.24. The molecular formula is C18H14ClN3O2. The highest BCUT2D eigenvalue weighted by Crippen LogP contribution is 2.22. The van der Waals surface area contributed by atoms with Crippen molar-refractivity contribution in [3.05, 3.63) is 80.1 Å². The van der Waals surface area contributed by atoms with Crippen molar-refractivity contribution in [2.75, 3.05) is 0 Å². The van der Waals surface area contributed by atoms with E-state index in [1.165, 1.54) is 4.57 Å². The Balaban J connectivity index is 1.73. The van der Waals surface area contributed by atoms with Gasteiger partial charge in [-0.1, -0.05) is 23.7 Å². The minimum absolute atomic E-state index is 0.271. The van der Waals surface area contributed by atoms with E-state index in [-0.39, 0.29) is 5.56 Å². The van der Waals surface area contributed by atoms with E-state index in [0.717, 1.165) is 16.5 Å². The lowest BCUT2D eigenvalue weighted by atomic mass is 10.1. The van der Waals surface area contributed by atoms with Gasteiger partial charge >= 0.3 is 5.69 Å². The second kappa shape index (κ2) is 5.69. The van der Waals surface area contributed by atoms with Crippen LogP contribution in [0, 0.1) is 0 Å². The first-order valence-corrected chi connectivity index (χ1v) is 7.98. The zero-order valence-corrected chi connectivity index (χ0v) is 13.4. The van der Waals surface area contributed by atoms with E-state index in [0.29, 0.717) is 28.9 Å². The third kappa shape index (κ3) is 2.43. The van der Waals surface area contributed by atoms with Crippen molar-refractivity contribution < 1.29 is 0 Å². The van der Waals surface area contributed by atoms with Crippen LogP contribution in [-0.2, 0) is 13.0 Å². The van der Waals surface area contributed by atoms with Crippen molar-refractivity contribution in [2.45, 2.75) is 13.0 Å². The Morgan fingerprint density at radius 2 is 1.83 bits per heavy atom. The molecule has 0 amide bonds. The molecule has 5 nitrogen and oxygen atoms in total. The minimum atomic E-state index is -0.392. The van der Waals surface area contributed by atoms with E-state index in [1.54, 1.807) is 24.3 Å². The third-order valence-corrected chi connectivity index (χ3v) is 4.46. The second-order valence-electron chi connectivity index (χ2n) is 5.69. The number of halogens is 1. The Hall–Kier alpha value is -2.79. The molecule has 0 aliphatic rings. The van der Waals surface area contributed by atoms with Gasteiger partial charge in [-0.15, -0.1) is 0 Å². The molecule has 0 saturated carbocycles. The predicted octanol–water partition coefficient (Wildman–Crippen LogP) is 3.07. The van der Waals surface area contributed by atoms with Gasteiger partial charge in [0.1, 0.15) is 0 Å². The van der Waals surface area contributed by atoms with Gasteiger partial charge < -0.3 is 9.97 Å². The molecule has 0 spiro atoms. The SMILES string of the molecule is O=c1[nH]c2ccccc2c(=O)n1CCc1c[nH]c2ccc(Cl)cc12. The number of para-hydroxylation sites is 1. The van der Waals surface area contributed by atoms with Gasteiger partial charge in [0.05, 0.1) is 10.9 Å². The first-order chi connectivity index (χ1) is 11.6. The molecule has 0 unspecified atom stereocenters. The molecule has 0 saturated heterocycles. The maximum atomic E-state index is 12.5. The molecule has 0 aliphatic heterocycles. The lowest BCUT2D eigenvalue weighted by Crippen LogP contribution is -2.35. The third-order valence-electron chi connectivity index (χ3n) is 4.22. The zero-order valence-electron chi connectivity index (χ0n) is 12.7. The number of rotatable bonds is 3. The molecule has 2 aromatic heterocycles. The van der Waals surface area contributed by atoms with Crippen LogP contribution in [0.2, 0.25) is 5.02 Å². The largest absolute Gasteiger partial charge is 0.361 e. The minimum Gasteiger partial charge on any atom is -0.361 e. The Labute approximate surface area is 141 Å². The number of nitrogens with one attached hydrogen (secondary N) is 2. The lowest BCUT2D eigenvalue weighted by Gasteiger charge is -2.06. The van der Waals surface area contributed by atoms with Gasteiger partial charge in [0.15, 0.2) is 0 Å². The summed E-state index contributed by atoms with van der Waals surface area (Å²) in [5.74, 6) is 0. The summed E-state index contributed by atoms with van der Waals surface area (Å²) in [5, 5.41) is 2.18. The first-order valence-electron chi connectivity index (χ1n) is 7.61. The van der Waals surface area contributed by atoms with Crippen LogP contribution in [-0.4, -0.2) is 14.5 Å². The molecule has 4 rings (SSSR count). The molecular weight excluding hydrogens is 326 g/mol. The maximum Gasteiger partial charge on any atom is 0.328 e. The molecule has 0 aliphatic carbocycles. The Kier molecular flexibility index (Phi) is 3.50. The highest BCUT2D eigenvalue weighted by molar-refractivity contribution is 6.31. The molecule has 0 fully saturated rings. The number of H-pyrrole nitrogens is 2. The Bertz CT molecular complexity index is 1170. The van der Waals surface area contributed by atoms with Gasteiger partial charge in [-0.2, -0.15) is 0 Å². The first kappa shape index (κ1) is 14.8. The van der Waals surface area contributed by atoms with Gasteiger partial charge in [-0.05, 0) is 42.3 Å². The quantitative estimate of drug-likeness (QED) is 0.602. The number of nitrogens with zero attached hydrogens (tertiary/aromatic N) is 1. The number of benzene rings is 2. The normalized spacial score (nSPS) is 11.4. The van der Waals surface area contributed by atoms with Crippen LogP contribution in [0.1, 0.15) is 5.56 Å². The summed E-state index contributed by atoms with van der Waals surface area (Å²) in [7, 11) is 0. The standard InChI is InChI=1S/C18H14ClN3O2/c19-12-5-6-15-14(9-12)11(10-20-15)7-8-22-17(23)13-3-1-2-4-16(13)21-18(22)24/h1-6,9-10,20H,7-8H2,(H,21,24). The number of fused-ring (bicyclic) bond motifs is 2. The fourth-order valence-corrected chi connectivity index (χ4v) is 3.16. The zero-order chi connectivity index (χ0) is 16.7. The van der Waals surface area contributed by atoms with E-state index in [1.807, 2.05) is 24.4 Å². The van der Waals surface area contributed by atoms with E-state index < -0.39 is 5.69 Å². The van der Waals surface area contributed by atoms with Gasteiger partial charge in [0, 0.05) is 28.7 Å². The lowest BCUT2D eigenvalue weighted by molar-refractivity contribution is 0.638. The van der Waals surface area contributed by atoms with E-state index in [4.69, 9.17) is 11.6 Å². The summed E-state index contributed by atoms with van der Waals surface area (Å²) >= 11 is 6.06. The van der Waals surface area contributed by atoms with E-state index in [9.17, 15) is 9.59 Å². The Morgan fingerprint density at radius 3 is 2.71 bits per heavy atom. The summed E-state index contributed by atoms with van der Waals surface area (Å²) in [4.78, 5) is 30.7. The molecule has 2 aromatic carbocycles. The Morgan fingerprint density at radius 1 is 1.00 bits per heavy atom. The highest BCUT2D eigenvalue weighted by Gasteiger charge is 2.09. The fraction of sp³-hybridized carbons (Fsp3) is 0.111. The molecule has 6 heteroatoms. The average Bonchev–Trinajstić information content (AvgIpc) is 2.97. The van der Waals surface area contributed by atoms with Crippen LogP contribution in [0.3, 0.4) is 0 Å². The van der Waals surface area contributed by atoms with Crippen molar-refractivity contribution >= 4 is 33.4 Å². The topological polar surface area (TPSA) is 70.7 Å². The number of aromatic nitrogens is 3. The van der Waals surface area contributed by atoms with Crippen molar-refractivity contribution in [1.29, 1.82) is 0 Å². The molecule has 120 valence electrons. The number of aryl methyl sites for hydroxylation is 1. The number of aromatic amines is 2. The monoisotopic (exact) mass is 339 g/mol. The predicted molar refractivity (Wildman–Crippen MR) is 95.8 cm³/mol. The number of hydrogen-bond acceptors (Lipinski definition) is 2. The van der Waals surface area contributed by atoms with Crippen molar-refractivity contribution in [1.82, 2.24) is 14.5 Å². The van der Waals surface area contributed by atoms with E-state index >= 15 is 0 Å². The van der Waals surface area contributed by atoms with Gasteiger partial charge in [-0.3, -0.25) is 9.36 Å². The second-order valence-corrected chi connectivity index (χ2v) is 6.12. The summed E-state index contributed by atoms with van der Waals surface area (Å²) in [6, 6.07) is 12.6. The molecule has 0 atom stereocenters. The molecule has 0 bridgehead atoms. The molecule has 4 aromatic rings. The van der Waals surface area contributed by atoms with Crippen molar-refractivity contribution in [2.24, 2.45) is 0 Å². The smallest absolute Gasteiger partial charge is 0.328 e. The maximum absolute atomic E-state index is 12.5. The van der Waals surface area contributed by atoms with Gasteiger partial charge in [0.25, 0.3) is 5.56 Å². The summed E-state index contributed by atoms with van der Waals surface area (Å²) in [6.07, 6.45) is 2.45. The van der Waals surface area contributed by atoms with Crippen LogP contribution in [0.25, 0.3) is 21.8 Å². The van der Waals surface area contributed by atoms with Crippen LogP contribution in [0.4, 0.5) is 0 Å². The molecule has 24 heavy (non-hydrogen) atoms. The van der Waals surface area contributed by atoms with E-state index in [2.05, 4.69) is 9.97 Å².